The van der Waals surface area contributed by atoms with E-state index in [4.69, 9.17) is 10.5 Å². The molecule has 0 atom stereocenters. The van der Waals surface area contributed by atoms with Gasteiger partial charge in [-0.15, -0.1) is 0 Å². The Kier molecular flexibility index (Phi) is 9.21. The average molecular weight is 382 g/mol. The van der Waals surface area contributed by atoms with E-state index in [2.05, 4.69) is 4.74 Å². The van der Waals surface area contributed by atoms with Crippen molar-refractivity contribution in [3.63, 3.8) is 0 Å². The molecule has 0 bridgehead atoms. The number of nitrogens with two attached hydrogens (primary N) is 1. The molecule has 0 saturated carbocycles. The minimum absolute atomic E-state index is 0.180. The number of methoxy groups -OCH3 is 1. The Balaban J connectivity index is 0.000000387. The Hall–Kier alpha value is -2.15. The zero-order valence-electron chi connectivity index (χ0n) is 16.7. The van der Waals surface area contributed by atoms with Gasteiger partial charge in [-0.05, 0) is 57.7 Å². The summed E-state index contributed by atoms with van der Waals surface area (Å²) < 4.78 is 22.6. The highest BCUT2D eigenvalue weighted by Crippen LogP contribution is 2.15. The number of carbonyl (C=O) groups is 2. The van der Waals surface area contributed by atoms with Crippen molar-refractivity contribution < 1.29 is 23.5 Å². The molecule has 2 N–H and O–H groups in total. The van der Waals surface area contributed by atoms with Gasteiger partial charge in [0.15, 0.2) is 0 Å². The van der Waals surface area contributed by atoms with Crippen molar-refractivity contribution in [2.24, 2.45) is 5.73 Å². The van der Waals surface area contributed by atoms with Crippen LogP contribution in [0.2, 0.25) is 0 Å². The van der Waals surface area contributed by atoms with Crippen LogP contribution in [-0.2, 0) is 20.7 Å². The summed E-state index contributed by atoms with van der Waals surface area (Å²) in [6, 6.07) is 6.34. The summed E-state index contributed by atoms with van der Waals surface area (Å²) in [7, 11) is 1.72. The van der Waals surface area contributed by atoms with Crippen molar-refractivity contribution in [2.75, 3.05) is 20.2 Å². The first-order chi connectivity index (χ1) is 12.6. The van der Waals surface area contributed by atoms with E-state index in [9.17, 15) is 14.0 Å². The van der Waals surface area contributed by atoms with E-state index in [1.54, 1.807) is 40.0 Å². The summed E-state index contributed by atoms with van der Waals surface area (Å²) in [4.78, 5) is 24.0. The van der Waals surface area contributed by atoms with Crippen LogP contribution in [0.4, 0.5) is 9.18 Å². The number of ether oxygens (including phenoxy) is 2. The van der Waals surface area contributed by atoms with Crippen LogP contribution in [0.1, 0.15) is 45.6 Å². The van der Waals surface area contributed by atoms with E-state index in [1.807, 2.05) is 4.90 Å². The van der Waals surface area contributed by atoms with Gasteiger partial charge in [-0.1, -0.05) is 12.1 Å². The summed E-state index contributed by atoms with van der Waals surface area (Å²) in [5.41, 5.74) is 5.27. The molecule has 1 heterocycles. The van der Waals surface area contributed by atoms with E-state index in [0.29, 0.717) is 18.9 Å². The number of rotatable bonds is 4. The van der Waals surface area contributed by atoms with Crippen molar-refractivity contribution in [1.82, 2.24) is 4.90 Å². The maximum atomic E-state index is 12.8. The van der Waals surface area contributed by atoms with Crippen LogP contribution < -0.4 is 5.73 Å². The van der Waals surface area contributed by atoms with Crippen molar-refractivity contribution in [2.45, 2.75) is 58.2 Å². The van der Waals surface area contributed by atoms with Crippen molar-refractivity contribution in [1.29, 1.82) is 0 Å². The Labute approximate surface area is 160 Å². The number of benzene rings is 1. The lowest BCUT2D eigenvalue weighted by Crippen LogP contribution is -2.40. The van der Waals surface area contributed by atoms with E-state index in [0.717, 1.165) is 31.5 Å². The van der Waals surface area contributed by atoms with Crippen LogP contribution >= 0.6 is 0 Å². The molecular formula is C20H31FN2O4. The first-order valence-corrected chi connectivity index (χ1v) is 9.14. The molecular weight excluding hydrogens is 351 g/mol. The van der Waals surface area contributed by atoms with Crippen LogP contribution in [-0.4, -0.2) is 48.8 Å². The third-order valence-corrected chi connectivity index (χ3v) is 4.08. The molecule has 1 aromatic carbocycles. The first-order valence-electron chi connectivity index (χ1n) is 9.14. The lowest BCUT2D eigenvalue weighted by Gasteiger charge is -2.31. The maximum absolute atomic E-state index is 12.8. The van der Waals surface area contributed by atoms with Gasteiger partial charge >= 0.3 is 6.09 Å². The molecule has 1 saturated heterocycles. The molecule has 0 aromatic heterocycles. The lowest BCUT2D eigenvalue weighted by molar-refractivity contribution is -0.133. The Morgan fingerprint density at radius 3 is 2.15 bits per heavy atom. The van der Waals surface area contributed by atoms with Crippen LogP contribution in [0.15, 0.2) is 24.3 Å². The molecule has 2 amide bonds. The Morgan fingerprint density at radius 1 is 1.19 bits per heavy atom. The molecule has 0 aliphatic carbocycles. The lowest BCUT2D eigenvalue weighted by atomic mass is 10.1. The fourth-order valence-electron chi connectivity index (χ4n) is 2.70. The molecule has 0 unspecified atom stereocenters. The minimum atomic E-state index is -0.725. The SMILES string of the molecule is CC(C)(C)OC(N)=O.COC1CCN(C(=O)CCc2ccc(F)cc2)CC1. The molecule has 7 heteroatoms. The third kappa shape index (κ3) is 9.94. The van der Waals surface area contributed by atoms with Gasteiger partial charge in [0.25, 0.3) is 0 Å². The second-order valence-corrected chi connectivity index (χ2v) is 7.48. The highest BCUT2D eigenvalue weighted by atomic mass is 19.1. The van der Waals surface area contributed by atoms with E-state index in [-0.39, 0.29) is 11.7 Å². The largest absolute Gasteiger partial charge is 0.444 e. The highest BCUT2D eigenvalue weighted by Gasteiger charge is 2.22. The van der Waals surface area contributed by atoms with Crippen molar-refractivity contribution in [3.8, 4) is 0 Å². The molecule has 1 aromatic rings. The molecule has 0 radical (unpaired) electrons. The minimum Gasteiger partial charge on any atom is -0.444 e. The first kappa shape index (κ1) is 22.9. The molecule has 1 aliphatic heterocycles. The Morgan fingerprint density at radius 2 is 1.74 bits per heavy atom. The standard InChI is InChI=1S/C15H20FNO2.C5H11NO2/c1-19-14-8-10-17(11-9-14)15(18)7-4-12-2-5-13(16)6-3-12;1-5(2,3)8-4(6)7/h2-3,5-6,14H,4,7-11H2,1H3;1-3H3,(H2,6,7). The van der Waals surface area contributed by atoms with Gasteiger partial charge in [0.1, 0.15) is 11.4 Å². The predicted octanol–water partition coefficient (Wildman–Crippen LogP) is 3.28. The van der Waals surface area contributed by atoms with Crippen LogP contribution in [0.3, 0.4) is 0 Å². The zero-order chi connectivity index (χ0) is 20.4. The number of halogens is 1. The number of hydrogen-bond donors (Lipinski definition) is 1. The summed E-state index contributed by atoms with van der Waals surface area (Å²) in [5, 5.41) is 0. The number of nitrogens with zero attached hydrogens (tertiary/aromatic N) is 1. The topological polar surface area (TPSA) is 81.9 Å². The normalized spacial score (nSPS) is 14.9. The van der Waals surface area contributed by atoms with Crippen LogP contribution in [0, 0.1) is 5.82 Å². The van der Waals surface area contributed by atoms with Gasteiger partial charge in [0, 0.05) is 26.6 Å². The molecule has 1 aliphatic rings. The van der Waals surface area contributed by atoms with Crippen LogP contribution in [0.25, 0.3) is 0 Å². The summed E-state index contributed by atoms with van der Waals surface area (Å²) >= 11 is 0. The van der Waals surface area contributed by atoms with Crippen LogP contribution in [0.5, 0.6) is 0 Å². The quantitative estimate of drug-likeness (QED) is 0.866. The average Bonchev–Trinajstić information content (AvgIpc) is 2.59. The fourth-order valence-corrected chi connectivity index (χ4v) is 2.70. The molecule has 0 spiro atoms. The second kappa shape index (κ2) is 10.9. The number of hydrogen-bond acceptors (Lipinski definition) is 4. The second-order valence-electron chi connectivity index (χ2n) is 7.48. The summed E-state index contributed by atoms with van der Waals surface area (Å²) in [6.45, 7) is 6.84. The molecule has 1 fully saturated rings. The Bertz CT molecular complexity index is 591. The number of primary amides is 1. The van der Waals surface area contributed by atoms with Crippen molar-refractivity contribution in [3.05, 3.63) is 35.6 Å². The van der Waals surface area contributed by atoms with Gasteiger partial charge < -0.3 is 20.1 Å². The summed E-state index contributed by atoms with van der Waals surface area (Å²) in [6.07, 6.45) is 2.56. The third-order valence-electron chi connectivity index (χ3n) is 4.08. The van der Waals surface area contributed by atoms with Gasteiger partial charge in [0.2, 0.25) is 5.91 Å². The molecule has 152 valence electrons. The number of likely N-dealkylation sites (tertiary alicyclic amines) is 1. The maximum Gasteiger partial charge on any atom is 0.405 e. The van der Waals surface area contributed by atoms with Gasteiger partial charge in [-0.3, -0.25) is 4.79 Å². The van der Waals surface area contributed by atoms with Gasteiger partial charge in [-0.2, -0.15) is 0 Å². The number of piperidine rings is 1. The van der Waals surface area contributed by atoms with E-state index in [1.165, 1.54) is 12.1 Å². The summed E-state index contributed by atoms with van der Waals surface area (Å²) in [5.74, 6) is -0.0596. The van der Waals surface area contributed by atoms with E-state index < -0.39 is 11.7 Å². The van der Waals surface area contributed by atoms with Crippen molar-refractivity contribution >= 4 is 12.0 Å². The molecule has 2 rings (SSSR count). The number of carbonyl (C=O) groups excluding carboxylic acids is 2. The predicted molar refractivity (Wildman–Crippen MR) is 102 cm³/mol. The molecule has 6 nitrogen and oxygen atoms in total. The number of amides is 2. The fraction of sp³-hybridized carbons (Fsp3) is 0.600. The number of aryl methyl sites for hydroxylation is 1. The van der Waals surface area contributed by atoms with Gasteiger partial charge in [0.05, 0.1) is 6.10 Å². The molecule has 27 heavy (non-hydrogen) atoms. The highest BCUT2D eigenvalue weighted by molar-refractivity contribution is 5.76. The van der Waals surface area contributed by atoms with E-state index >= 15 is 0 Å². The zero-order valence-corrected chi connectivity index (χ0v) is 16.7. The smallest absolute Gasteiger partial charge is 0.405 e. The monoisotopic (exact) mass is 382 g/mol. The van der Waals surface area contributed by atoms with Gasteiger partial charge in [-0.25, -0.2) is 9.18 Å².